The molecule has 0 bridgehead atoms. The number of amides is 1. The molecule has 9 nitrogen and oxygen atoms in total. The molecule has 1 unspecified atom stereocenters. The Balaban J connectivity index is 1.17. The third-order valence-corrected chi connectivity index (χ3v) is 7.95. The van der Waals surface area contributed by atoms with Gasteiger partial charge in [-0.25, -0.2) is 9.78 Å². The van der Waals surface area contributed by atoms with Crippen molar-refractivity contribution in [3.05, 3.63) is 117 Å². The van der Waals surface area contributed by atoms with E-state index in [1.54, 1.807) is 17.5 Å². The molecule has 1 amide bonds. The molecule has 41 heavy (non-hydrogen) atoms. The lowest BCUT2D eigenvalue weighted by Crippen LogP contribution is -2.23. The first-order chi connectivity index (χ1) is 20.0. The van der Waals surface area contributed by atoms with E-state index in [0.29, 0.717) is 33.8 Å². The third-order valence-electron chi connectivity index (χ3n) is 7.19. The van der Waals surface area contributed by atoms with Gasteiger partial charge < -0.3 is 4.74 Å². The van der Waals surface area contributed by atoms with Crippen molar-refractivity contribution in [1.29, 1.82) is 0 Å². The number of thiazole rings is 1. The van der Waals surface area contributed by atoms with E-state index < -0.39 is 23.4 Å². The Hall–Kier alpha value is -4.96. The van der Waals surface area contributed by atoms with Gasteiger partial charge in [-0.05, 0) is 54.5 Å². The Labute approximate surface area is 239 Å². The van der Waals surface area contributed by atoms with E-state index in [0.717, 1.165) is 29.6 Å². The molecule has 1 N–H and O–H groups in total. The fourth-order valence-corrected chi connectivity index (χ4v) is 5.94. The molecule has 0 saturated heterocycles. The summed E-state index contributed by atoms with van der Waals surface area (Å²) < 4.78 is 5.54. The average molecular weight is 565 g/mol. The second-order valence-electron chi connectivity index (χ2n) is 9.75. The molecule has 6 rings (SSSR count). The molecule has 0 saturated carbocycles. The molecule has 1 atom stereocenters. The summed E-state index contributed by atoms with van der Waals surface area (Å²) in [4.78, 5) is 45.9. The fourth-order valence-electron chi connectivity index (χ4n) is 5.21. The Morgan fingerprint density at radius 3 is 2.54 bits per heavy atom. The maximum atomic E-state index is 13.5. The molecule has 0 spiro atoms. The van der Waals surface area contributed by atoms with E-state index in [2.05, 4.69) is 22.4 Å². The average Bonchev–Trinajstić information content (AvgIpc) is 3.47. The monoisotopic (exact) mass is 564 g/mol. The highest BCUT2D eigenvalue weighted by Gasteiger charge is 2.28. The number of hydrogen-bond acceptors (Lipinski definition) is 8. The highest BCUT2D eigenvalue weighted by atomic mass is 32.1. The summed E-state index contributed by atoms with van der Waals surface area (Å²) in [5, 5.41) is 16.3. The van der Waals surface area contributed by atoms with E-state index in [9.17, 15) is 19.7 Å². The molecule has 3 aromatic carbocycles. The second-order valence-corrected chi connectivity index (χ2v) is 10.6. The van der Waals surface area contributed by atoms with Crippen LogP contribution in [0, 0.1) is 10.1 Å². The number of benzene rings is 3. The minimum atomic E-state index is -0.561. The van der Waals surface area contributed by atoms with Crippen LogP contribution in [0.4, 0.5) is 10.8 Å². The zero-order valence-electron chi connectivity index (χ0n) is 21.8. The largest absolute Gasteiger partial charge is 0.452 e. The zero-order chi connectivity index (χ0) is 28.3. The Morgan fingerprint density at radius 2 is 1.76 bits per heavy atom. The number of fused-ring (bicyclic) bond motifs is 2. The summed E-state index contributed by atoms with van der Waals surface area (Å²) in [6, 6.07) is 23.7. The van der Waals surface area contributed by atoms with Crippen LogP contribution >= 0.6 is 11.3 Å². The number of nitro groups is 1. The molecule has 2 heterocycles. The van der Waals surface area contributed by atoms with Crippen molar-refractivity contribution < 1.29 is 19.2 Å². The van der Waals surface area contributed by atoms with Gasteiger partial charge in [0.1, 0.15) is 0 Å². The van der Waals surface area contributed by atoms with Crippen molar-refractivity contribution >= 4 is 44.9 Å². The summed E-state index contributed by atoms with van der Waals surface area (Å²) in [7, 11) is 0. The lowest BCUT2D eigenvalue weighted by molar-refractivity contribution is -0.384. The van der Waals surface area contributed by atoms with Gasteiger partial charge in [-0.3, -0.25) is 25.2 Å². The van der Waals surface area contributed by atoms with E-state index in [-0.39, 0.29) is 11.6 Å². The Bertz CT molecular complexity index is 1770. The predicted molar refractivity (Wildman–Crippen MR) is 156 cm³/mol. The first-order valence-electron chi connectivity index (χ1n) is 13.1. The molecule has 204 valence electrons. The summed E-state index contributed by atoms with van der Waals surface area (Å²) >= 11 is 1.21. The van der Waals surface area contributed by atoms with E-state index in [1.165, 1.54) is 29.0 Å². The van der Waals surface area contributed by atoms with E-state index in [4.69, 9.17) is 9.72 Å². The van der Waals surface area contributed by atoms with Gasteiger partial charge in [0, 0.05) is 34.2 Å². The van der Waals surface area contributed by atoms with Crippen LogP contribution < -0.4 is 5.32 Å². The van der Waals surface area contributed by atoms with Gasteiger partial charge in [0.05, 0.1) is 21.7 Å². The van der Waals surface area contributed by atoms with Crippen molar-refractivity contribution in [3.63, 3.8) is 0 Å². The van der Waals surface area contributed by atoms with Crippen LogP contribution in [0.1, 0.15) is 39.5 Å². The van der Waals surface area contributed by atoms with Crippen LogP contribution in [-0.2, 0) is 22.4 Å². The molecule has 0 radical (unpaired) electrons. The van der Waals surface area contributed by atoms with Crippen molar-refractivity contribution in [2.75, 3.05) is 11.9 Å². The lowest BCUT2D eigenvalue weighted by atomic mass is 9.80. The van der Waals surface area contributed by atoms with Crippen LogP contribution in [-0.4, -0.2) is 33.4 Å². The number of nitrogens with one attached hydrogen (secondary N) is 1. The number of pyridine rings is 1. The van der Waals surface area contributed by atoms with Crippen molar-refractivity contribution in [3.8, 4) is 11.3 Å². The van der Waals surface area contributed by atoms with Gasteiger partial charge in [0.2, 0.25) is 0 Å². The van der Waals surface area contributed by atoms with Crippen molar-refractivity contribution in [2.45, 2.75) is 25.2 Å². The standard InChI is InChI=1S/C31H24N4O5S/c36-28(34-31-33-27(18-41-31)20-10-13-22(14-11-20)35(38)39)17-40-30(37)29-23-8-4-5-9-25(23)32-26-15-12-21(16-24(26)29)19-6-2-1-3-7-19/h1-11,13-14,18,21H,12,15-17H2,(H,33,34,36). The minimum Gasteiger partial charge on any atom is -0.452 e. The molecule has 5 aromatic rings. The zero-order valence-corrected chi connectivity index (χ0v) is 22.6. The molecule has 0 aliphatic heterocycles. The quantitative estimate of drug-likeness (QED) is 0.139. The number of nitro benzene ring substituents is 1. The molecule has 0 fully saturated rings. The van der Waals surface area contributed by atoms with E-state index in [1.807, 2.05) is 42.5 Å². The number of hydrogen-bond donors (Lipinski definition) is 1. The highest BCUT2D eigenvalue weighted by Crippen LogP contribution is 2.36. The molecule has 1 aliphatic carbocycles. The van der Waals surface area contributed by atoms with Crippen LogP contribution in [0.15, 0.2) is 84.2 Å². The Morgan fingerprint density at radius 1 is 1.00 bits per heavy atom. The lowest BCUT2D eigenvalue weighted by Gasteiger charge is -2.26. The van der Waals surface area contributed by atoms with E-state index >= 15 is 0 Å². The number of anilines is 1. The van der Waals surface area contributed by atoms with Crippen LogP contribution in [0.3, 0.4) is 0 Å². The van der Waals surface area contributed by atoms with Gasteiger partial charge >= 0.3 is 5.97 Å². The number of rotatable bonds is 7. The highest BCUT2D eigenvalue weighted by molar-refractivity contribution is 7.14. The molecule has 1 aliphatic rings. The Kier molecular flexibility index (Phi) is 7.22. The van der Waals surface area contributed by atoms with Gasteiger partial charge in [0.25, 0.3) is 11.6 Å². The van der Waals surface area contributed by atoms with Crippen LogP contribution in [0.5, 0.6) is 0 Å². The number of nitrogens with zero attached hydrogens (tertiary/aromatic N) is 3. The molecular formula is C31H24N4O5S. The number of carbonyl (C=O) groups excluding carboxylic acids is 2. The van der Waals surface area contributed by atoms with Crippen molar-refractivity contribution in [1.82, 2.24) is 9.97 Å². The number of ether oxygens (including phenoxy) is 1. The summed E-state index contributed by atoms with van der Waals surface area (Å²) in [5.74, 6) is -0.817. The van der Waals surface area contributed by atoms with Gasteiger partial charge in [-0.2, -0.15) is 0 Å². The first kappa shape index (κ1) is 26.3. The van der Waals surface area contributed by atoms with Crippen LogP contribution in [0.25, 0.3) is 22.2 Å². The maximum absolute atomic E-state index is 13.5. The number of carbonyl (C=O) groups is 2. The number of aromatic nitrogens is 2. The summed E-state index contributed by atoms with van der Waals surface area (Å²) in [6.45, 7) is -0.473. The normalized spacial score (nSPS) is 14.3. The maximum Gasteiger partial charge on any atom is 0.339 e. The summed E-state index contributed by atoms with van der Waals surface area (Å²) in [6.07, 6.45) is 2.36. The first-order valence-corrected chi connectivity index (χ1v) is 14.0. The topological polar surface area (TPSA) is 124 Å². The van der Waals surface area contributed by atoms with Crippen molar-refractivity contribution in [2.24, 2.45) is 0 Å². The molecule has 2 aromatic heterocycles. The van der Waals surface area contributed by atoms with Gasteiger partial charge in [-0.15, -0.1) is 11.3 Å². The fraction of sp³-hybridized carbons (Fsp3) is 0.161. The second kappa shape index (κ2) is 11.3. The smallest absolute Gasteiger partial charge is 0.339 e. The SMILES string of the molecule is O=C(COC(=O)c1c2c(nc3ccccc13)CCC(c1ccccc1)C2)Nc1nc(-c2ccc([N+](=O)[O-])cc2)cs1. The van der Waals surface area contributed by atoms with Gasteiger partial charge in [0.15, 0.2) is 11.7 Å². The molecular weight excluding hydrogens is 540 g/mol. The van der Waals surface area contributed by atoms with Crippen LogP contribution in [0.2, 0.25) is 0 Å². The number of esters is 1. The molecule has 10 heteroatoms. The summed E-state index contributed by atoms with van der Waals surface area (Å²) in [5.41, 5.74) is 5.42. The predicted octanol–water partition coefficient (Wildman–Crippen LogP) is 6.33. The third kappa shape index (κ3) is 5.55. The number of aryl methyl sites for hydroxylation is 1. The number of para-hydroxylation sites is 1. The van der Waals surface area contributed by atoms with Gasteiger partial charge in [-0.1, -0.05) is 48.5 Å². The number of non-ortho nitro benzene ring substituents is 1. The minimum absolute atomic E-state index is 0.0156.